The largest absolute Gasteiger partial charge is 0.416 e. The molecule has 2 rings (SSSR count). The molecule has 1 aliphatic heterocycles. The number of hydrogen-bond donors (Lipinski definition) is 1. The molecule has 0 radical (unpaired) electrons. The molecule has 1 N–H and O–H groups in total. The number of nitrogens with zero attached hydrogens (tertiary/aromatic N) is 1. The highest BCUT2D eigenvalue weighted by atomic mass is 19.4. The molecule has 1 aliphatic rings. The fourth-order valence-corrected chi connectivity index (χ4v) is 2.75. The number of carbonyl (C=O) groups excluding carboxylic acids is 2. The number of benzene rings is 1. The van der Waals surface area contributed by atoms with Crippen molar-refractivity contribution in [3.05, 3.63) is 35.4 Å². The molecule has 0 aromatic heterocycles. The van der Waals surface area contributed by atoms with E-state index in [2.05, 4.69) is 5.32 Å². The van der Waals surface area contributed by atoms with Crippen LogP contribution in [0.5, 0.6) is 0 Å². The van der Waals surface area contributed by atoms with Gasteiger partial charge in [-0.05, 0) is 36.6 Å². The second kappa shape index (κ2) is 8.53. The Hall–Kier alpha value is -2.09. The zero-order chi connectivity index (χ0) is 19.3. The molecule has 1 fully saturated rings. The summed E-state index contributed by atoms with van der Waals surface area (Å²) in [5.41, 5.74) is -0.737. The first-order chi connectivity index (χ1) is 12.2. The predicted octanol–water partition coefficient (Wildman–Crippen LogP) is 2.71. The highest BCUT2D eigenvalue weighted by Crippen LogP contribution is 2.29. The van der Waals surface area contributed by atoms with Gasteiger partial charge in [0.2, 0.25) is 5.91 Å². The van der Waals surface area contributed by atoms with E-state index in [1.54, 1.807) is 4.90 Å². The molecule has 0 spiro atoms. The Kier molecular flexibility index (Phi) is 6.63. The SMILES string of the molecule is CC(C)C[C@@H](NC(=O)c1ccc(C(F)(F)F)cc1)C(=O)N1CCOCC1. The van der Waals surface area contributed by atoms with E-state index in [0.29, 0.717) is 32.7 Å². The highest BCUT2D eigenvalue weighted by molar-refractivity contribution is 5.97. The summed E-state index contributed by atoms with van der Waals surface area (Å²) in [7, 11) is 0. The number of halogens is 3. The van der Waals surface area contributed by atoms with Gasteiger partial charge in [-0.15, -0.1) is 0 Å². The van der Waals surface area contributed by atoms with Crippen molar-refractivity contribution in [3.8, 4) is 0 Å². The maximum Gasteiger partial charge on any atom is 0.416 e. The van der Waals surface area contributed by atoms with E-state index in [0.717, 1.165) is 24.3 Å². The lowest BCUT2D eigenvalue weighted by molar-refractivity contribution is -0.138. The van der Waals surface area contributed by atoms with E-state index < -0.39 is 23.7 Å². The van der Waals surface area contributed by atoms with Crippen molar-refractivity contribution in [2.45, 2.75) is 32.5 Å². The molecule has 1 aromatic carbocycles. The van der Waals surface area contributed by atoms with Crippen LogP contribution in [0.25, 0.3) is 0 Å². The van der Waals surface area contributed by atoms with Gasteiger partial charge in [0.1, 0.15) is 6.04 Å². The van der Waals surface area contributed by atoms with Gasteiger partial charge in [-0.2, -0.15) is 13.2 Å². The van der Waals surface area contributed by atoms with Crippen LogP contribution in [0, 0.1) is 5.92 Å². The lowest BCUT2D eigenvalue weighted by atomic mass is 10.0. The third kappa shape index (κ3) is 5.45. The maximum absolute atomic E-state index is 12.7. The number of ether oxygens (including phenoxy) is 1. The maximum atomic E-state index is 12.7. The molecule has 144 valence electrons. The van der Waals surface area contributed by atoms with Gasteiger partial charge in [0, 0.05) is 18.7 Å². The Bertz CT molecular complexity index is 624. The monoisotopic (exact) mass is 372 g/mol. The number of nitrogens with one attached hydrogen (secondary N) is 1. The Morgan fingerprint density at radius 2 is 1.73 bits per heavy atom. The molecule has 5 nitrogen and oxygen atoms in total. The summed E-state index contributed by atoms with van der Waals surface area (Å²) in [6.07, 6.45) is -4.01. The molecule has 0 bridgehead atoms. The van der Waals surface area contributed by atoms with Gasteiger partial charge in [-0.3, -0.25) is 9.59 Å². The average molecular weight is 372 g/mol. The number of hydrogen-bond acceptors (Lipinski definition) is 3. The zero-order valence-corrected chi connectivity index (χ0v) is 14.8. The van der Waals surface area contributed by atoms with Crippen LogP contribution in [0.15, 0.2) is 24.3 Å². The summed E-state index contributed by atoms with van der Waals surface area (Å²) in [4.78, 5) is 26.7. The van der Waals surface area contributed by atoms with Crippen molar-refractivity contribution in [2.75, 3.05) is 26.3 Å². The van der Waals surface area contributed by atoms with Crippen LogP contribution in [-0.4, -0.2) is 49.1 Å². The van der Waals surface area contributed by atoms with Crippen molar-refractivity contribution in [3.63, 3.8) is 0 Å². The fraction of sp³-hybridized carbons (Fsp3) is 0.556. The predicted molar refractivity (Wildman–Crippen MR) is 89.6 cm³/mol. The molecular weight excluding hydrogens is 349 g/mol. The lowest BCUT2D eigenvalue weighted by Gasteiger charge is -2.31. The topological polar surface area (TPSA) is 58.6 Å². The van der Waals surface area contributed by atoms with E-state index in [4.69, 9.17) is 4.74 Å². The number of alkyl halides is 3. The Morgan fingerprint density at radius 1 is 1.15 bits per heavy atom. The quantitative estimate of drug-likeness (QED) is 0.865. The molecule has 2 amide bonds. The van der Waals surface area contributed by atoms with E-state index >= 15 is 0 Å². The van der Waals surface area contributed by atoms with E-state index in [1.807, 2.05) is 13.8 Å². The zero-order valence-electron chi connectivity index (χ0n) is 14.8. The third-order valence-electron chi connectivity index (χ3n) is 4.11. The molecule has 0 aliphatic carbocycles. The highest BCUT2D eigenvalue weighted by Gasteiger charge is 2.31. The van der Waals surface area contributed by atoms with Crippen LogP contribution >= 0.6 is 0 Å². The first kappa shape index (κ1) is 20.2. The van der Waals surface area contributed by atoms with Gasteiger partial charge in [-0.25, -0.2) is 0 Å². The van der Waals surface area contributed by atoms with Gasteiger partial charge < -0.3 is 15.0 Å². The summed E-state index contributed by atoms with van der Waals surface area (Å²) in [5, 5.41) is 2.67. The number of rotatable bonds is 5. The smallest absolute Gasteiger partial charge is 0.378 e. The molecule has 0 saturated carbocycles. The van der Waals surface area contributed by atoms with Gasteiger partial charge >= 0.3 is 6.18 Å². The molecule has 1 saturated heterocycles. The van der Waals surface area contributed by atoms with Crippen LogP contribution in [-0.2, 0) is 15.7 Å². The van der Waals surface area contributed by atoms with Crippen LogP contribution in [0.4, 0.5) is 13.2 Å². The first-order valence-corrected chi connectivity index (χ1v) is 8.53. The molecule has 1 atom stereocenters. The summed E-state index contributed by atoms with van der Waals surface area (Å²) >= 11 is 0. The molecule has 1 heterocycles. The Labute approximate surface area is 150 Å². The van der Waals surface area contributed by atoms with Crippen molar-refractivity contribution in [2.24, 2.45) is 5.92 Å². The van der Waals surface area contributed by atoms with Crippen LogP contribution < -0.4 is 5.32 Å². The number of amides is 2. The van der Waals surface area contributed by atoms with Crippen molar-refractivity contribution in [1.82, 2.24) is 10.2 Å². The van der Waals surface area contributed by atoms with Crippen LogP contribution in [0.1, 0.15) is 36.2 Å². The summed E-state index contributed by atoms with van der Waals surface area (Å²) in [6.45, 7) is 5.70. The van der Waals surface area contributed by atoms with Gasteiger partial charge in [0.05, 0.1) is 18.8 Å². The molecule has 0 unspecified atom stereocenters. The van der Waals surface area contributed by atoms with Gasteiger partial charge in [0.25, 0.3) is 5.91 Å². The number of morpholine rings is 1. The van der Waals surface area contributed by atoms with Crippen molar-refractivity contribution < 1.29 is 27.5 Å². The van der Waals surface area contributed by atoms with Crippen LogP contribution in [0.3, 0.4) is 0 Å². The first-order valence-electron chi connectivity index (χ1n) is 8.53. The van der Waals surface area contributed by atoms with Crippen LogP contribution in [0.2, 0.25) is 0 Å². The summed E-state index contributed by atoms with van der Waals surface area (Å²) in [6, 6.07) is 3.22. The molecule has 26 heavy (non-hydrogen) atoms. The van der Waals surface area contributed by atoms with E-state index in [-0.39, 0.29) is 17.4 Å². The van der Waals surface area contributed by atoms with Crippen molar-refractivity contribution in [1.29, 1.82) is 0 Å². The second-order valence-electron chi connectivity index (χ2n) is 6.67. The van der Waals surface area contributed by atoms with Gasteiger partial charge in [-0.1, -0.05) is 13.8 Å². The molecule has 1 aromatic rings. The number of carbonyl (C=O) groups is 2. The standard InChI is InChI=1S/C18H23F3N2O3/c1-12(2)11-15(17(25)23-7-9-26-10-8-23)22-16(24)13-3-5-14(6-4-13)18(19,20)21/h3-6,12,15H,7-11H2,1-2H3,(H,22,24)/t15-/m1/s1. The fourth-order valence-electron chi connectivity index (χ4n) is 2.75. The third-order valence-corrected chi connectivity index (χ3v) is 4.11. The normalized spacial score (nSPS) is 16.5. The Morgan fingerprint density at radius 3 is 2.23 bits per heavy atom. The molecular formula is C18H23F3N2O3. The minimum Gasteiger partial charge on any atom is -0.378 e. The summed E-state index contributed by atoms with van der Waals surface area (Å²) in [5.74, 6) is -0.592. The lowest BCUT2D eigenvalue weighted by Crippen LogP contribution is -2.52. The van der Waals surface area contributed by atoms with E-state index in [9.17, 15) is 22.8 Å². The summed E-state index contributed by atoms with van der Waals surface area (Å²) < 4.78 is 43.1. The average Bonchev–Trinajstić information content (AvgIpc) is 2.60. The second-order valence-corrected chi connectivity index (χ2v) is 6.67. The minimum atomic E-state index is -4.46. The van der Waals surface area contributed by atoms with Crippen molar-refractivity contribution >= 4 is 11.8 Å². The van der Waals surface area contributed by atoms with Gasteiger partial charge in [0.15, 0.2) is 0 Å². The minimum absolute atomic E-state index is 0.0848. The Balaban J connectivity index is 2.09. The van der Waals surface area contributed by atoms with E-state index in [1.165, 1.54) is 0 Å². The molecule has 8 heteroatoms.